The maximum atomic E-state index is 12.4. The number of methoxy groups -OCH3 is 1. The lowest BCUT2D eigenvalue weighted by atomic mass is 10.2. The predicted octanol–water partition coefficient (Wildman–Crippen LogP) is 3.96. The van der Waals surface area contributed by atoms with E-state index in [1.165, 1.54) is 16.6 Å². The van der Waals surface area contributed by atoms with Crippen molar-refractivity contribution in [3.05, 3.63) is 66.5 Å². The van der Waals surface area contributed by atoms with E-state index < -0.39 is 6.36 Å². The maximum Gasteiger partial charge on any atom is 0.573 e. The summed E-state index contributed by atoms with van der Waals surface area (Å²) in [7, 11) is 1.56. The van der Waals surface area contributed by atoms with Crippen LogP contribution in [0.2, 0.25) is 0 Å². The summed E-state index contributed by atoms with van der Waals surface area (Å²) in [5.41, 5.74) is 8.05. The van der Waals surface area contributed by atoms with E-state index in [0.29, 0.717) is 42.4 Å². The van der Waals surface area contributed by atoms with Gasteiger partial charge in [0, 0.05) is 18.5 Å². The van der Waals surface area contributed by atoms with E-state index in [1.807, 2.05) is 17.0 Å². The number of nitrogen functional groups attached to an aromatic ring is 1. The maximum absolute atomic E-state index is 12.4. The van der Waals surface area contributed by atoms with Gasteiger partial charge in [0.15, 0.2) is 11.5 Å². The molecule has 0 fully saturated rings. The van der Waals surface area contributed by atoms with Crippen LogP contribution in [-0.2, 0) is 13.1 Å². The first-order valence-electron chi connectivity index (χ1n) is 9.93. The minimum Gasteiger partial charge on any atom is -0.494 e. The fourth-order valence-corrected chi connectivity index (χ4v) is 3.52. The number of hydrogen-bond acceptors (Lipinski definition) is 7. The van der Waals surface area contributed by atoms with Gasteiger partial charge in [0.25, 0.3) is 0 Å². The third-order valence-electron chi connectivity index (χ3n) is 4.87. The zero-order chi connectivity index (χ0) is 23.6. The number of hydrogen-bond donors (Lipinski definition) is 1. The number of anilines is 1. The molecule has 2 aromatic carbocycles. The number of nitrogens with zero attached hydrogens (tertiary/aromatic N) is 5. The highest BCUT2D eigenvalue weighted by molar-refractivity contribution is 5.95. The standard InChI is InChI=1S/C22H21F3N6O2/c1-3-11-30(12-14-7-9-15(10-8-14)33-22(23,24)25)13-18-27-20-16-5-4-6-17(32-2)19(16)28-21(26)31(20)29-18/h3-10H,1,11-13H2,2H3,(H2,26,28). The van der Waals surface area contributed by atoms with E-state index in [-0.39, 0.29) is 11.7 Å². The first-order chi connectivity index (χ1) is 15.8. The van der Waals surface area contributed by atoms with Gasteiger partial charge >= 0.3 is 6.36 Å². The molecule has 0 aliphatic rings. The van der Waals surface area contributed by atoms with Crippen molar-refractivity contribution in [3.8, 4) is 11.5 Å². The largest absolute Gasteiger partial charge is 0.573 e. The number of alkyl halides is 3. The molecule has 0 saturated heterocycles. The van der Waals surface area contributed by atoms with Crippen LogP contribution < -0.4 is 15.2 Å². The van der Waals surface area contributed by atoms with Gasteiger partial charge < -0.3 is 15.2 Å². The molecule has 0 spiro atoms. The molecule has 0 amide bonds. The second kappa shape index (κ2) is 8.94. The van der Waals surface area contributed by atoms with Crippen LogP contribution in [0.5, 0.6) is 11.5 Å². The summed E-state index contributed by atoms with van der Waals surface area (Å²) in [5.74, 6) is 1.00. The molecule has 2 N–H and O–H groups in total. The molecule has 0 aliphatic carbocycles. The van der Waals surface area contributed by atoms with Gasteiger partial charge in [-0.3, -0.25) is 4.90 Å². The van der Waals surface area contributed by atoms with Crippen molar-refractivity contribution in [1.29, 1.82) is 0 Å². The van der Waals surface area contributed by atoms with Crippen molar-refractivity contribution >= 4 is 22.5 Å². The molecule has 2 aromatic heterocycles. The van der Waals surface area contributed by atoms with Crippen LogP contribution in [0, 0.1) is 0 Å². The van der Waals surface area contributed by atoms with Crippen LogP contribution in [0.25, 0.3) is 16.6 Å². The summed E-state index contributed by atoms with van der Waals surface area (Å²) in [6.45, 7) is 5.09. The quantitative estimate of drug-likeness (QED) is 0.400. The molecule has 4 rings (SSSR count). The fourth-order valence-electron chi connectivity index (χ4n) is 3.52. The Kier molecular flexibility index (Phi) is 6.05. The molecule has 11 heteroatoms. The van der Waals surface area contributed by atoms with Crippen LogP contribution in [0.3, 0.4) is 0 Å². The molecule has 0 radical (unpaired) electrons. The number of rotatable bonds is 8. The van der Waals surface area contributed by atoms with Crippen LogP contribution in [0.4, 0.5) is 19.1 Å². The molecule has 33 heavy (non-hydrogen) atoms. The smallest absolute Gasteiger partial charge is 0.494 e. The summed E-state index contributed by atoms with van der Waals surface area (Å²) < 4.78 is 47.9. The average Bonchev–Trinajstić information content (AvgIpc) is 3.19. The van der Waals surface area contributed by atoms with E-state index in [0.717, 1.165) is 10.9 Å². The second-order valence-corrected chi connectivity index (χ2v) is 7.24. The normalized spacial score (nSPS) is 11.9. The van der Waals surface area contributed by atoms with Crippen LogP contribution in [0.15, 0.2) is 55.1 Å². The van der Waals surface area contributed by atoms with Gasteiger partial charge in [0.05, 0.1) is 13.7 Å². The van der Waals surface area contributed by atoms with Crippen LogP contribution in [-0.4, -0.2) is 44.5 Å². The number of fused-ring (bicyclic) bond motifs is 3. The highest BCUT2D eigenvalue weighted by Gasteiger charge is 2.31. The van der Waals surface area contributed by atoms with Crippen molar-refractivity contribution in [2.24, 2.45) is 0 Å². The third kappa shape index (κ3) is 4.98. The monoisotopic (exact) mass is 458 g/mol. The Labute approximate surface area is 187 Å². The topological polar surface area (TPSA) is 90.8 Å². The summed E-state index contributed by atoms with van der Waals surface area (Å²) in [6, 6.07) is 11.2. The third-order valence-corrected chi connectivity index (χ3v) is 4.87. The van der Waals surface area contributed by atoms with Gasteiger partial charge in [0.2, 0.25) is 5.95 Å². The Balaban J connectivity index is 1.59. The molecule has 2 heterocycles. The number of benzene rings is 2. The van der Waals surface area contributed by atoms with Crippen molar-refractivity contribution in [2.75, 3.05) is 19.4 Å². The van der Waals surface area contributed by atoms with Gasteiger partial charge in [-0.05, 0) is 29.8 Å². The molecule has 172 valence electrons. The zero-order valence-electron chi connectivity index (χ0n) is 17.7. The lowest BCUT2D eigenvalue weighted by Gasteiger charge is -2.19. The molecule has 0 atom stereocenters. The number of nitrogens with two attached hydrogens (primary N) is 1. The minimum atomic E-state index is -4.73. The molecule has 0 aliphatic heterocycles. The van der Waals surface area contributed by atoms with Gasteiger partial charge in [-0.15, -0.1) is 24.8 Å². The van der Waals surface area contributed by atoms with Gasteiger partial charge in [-0.25, -0.2) is 9.97 Å². The SMILES string of the molecule is C=CCN(Cc1ccc(OC(F)(F)F)cc1)Cc1nc2c3cccc(OC)c3nc(N)n2n1. The van der Waals surface area contributed by atoms with E-state index in [1.54, 1.807) is 31.4 Å². The van der Waals surface area contributed by atoms with Crippen molar-refractivity contribution in [1.82, 2.24) is 24.5 Å². The highest BCUT2D eigenvalue weighted by Crippen LogP contribution is 2.28. The Morgan fingerprint density at radius 2 is 1.88 bits per heavy atom. The number of ether oxygens (including phenoxy) is 2. The number of para-hydroxylation sites is 1. The molecule has 0 unspecified atom stereocenters. The summed E-state index contributed by atoms with van der Waals surface area (Å²) in [6.07, 6.45) is -3.00. The van der Waals surface area contributed by atoms with Crippen molar-refractivity contribution < 1.29 is 22.6 Å². The van der Waals surface area contributed by atoms with Gasteiger partial charge in [-0.2, -0.15) is 4.52 Å². The Morgan fingerprint density at radius 3 is 2.55 bits per heavy atom. The van der Waals surface area contributed by atoms with Crippen LogP contribution >= 0.6 is 0 Å². The molecular formula is C22H21F3N6O2. The van der Waals surface area contributed by atoms with Crippen molar-refractivity contribution in [3.63, 3.8) is 0 Å². The number of aromatic nitrogens is 4. The van der Waals surface area contributed by atoms with Crippen molar-refractivity contribution in [2.45, 2.75) is 19.5 Å². The Bertz CT molecular complexity index is 1290. The van der Waals surface area contributed by atoms with Gasteiger partial charge in [0.1, 0.15) is 17.0 Å². The van der Waals surface area contributed by atoms with E-state index in [2.05, 4.69) is 26.4 Å². The second-order valence-electron chi connectivity index (χ2n) is 7.24. The summed E-state index contributed by atoms with van der Waals surface area (Å²) >= 11 is 0. The summed E-state index contributed by atoms with van der Waals surface area (Å²) in [5, 5.41) is 5.24. The lowest BCUT2D eigenvalue weighted by molar-refractivity contribution is -0.274. The summed E-state index contributed by atoms with van der Waals surface area (Å²) in [4.78, 5) is 11.0. The lowest BCUT2D eigenvalue weighted by Crippen LogP contribution is -2.23. The molecule has 0 bridgehead atoms. The fraction of sp³-hybridized carbons (Fsp3) is 0.227. The number of halogens is 3. The highest BCUT2D eigenvalue weighted by atomic mass is 19.4. The predicted molar refractivity (Wildman–Crippen MR) is 117 cm³/mol. The van der Waals surface area contributed by atoms with Gasteiger partial charge in [-0.1, -0.05) is 24.3 Å². The van der Waals surface area contributed by atoms with E-state index in [4.69, 9.17) is 10.5 Å². The zero-order valence-corrected chi connectivity index (χ0v) is 17.7. The Hall–Kier alpha value is -3.86. The van der Waals surface area contributed by atoms with E-state index >= 15 is 0 Å². The minimum absolute atomic E-state index is 0.177. The molecule has 0 saturated carbocycles. The van der Waals surface area contributed by atoms with Crippen LogP contribution in [0.1, 0.15) is 11.4 Å². The molecule has 8 nitrogen and oxygen atoms in total. The molecular weight excluding hydrogens is 437 g/mol. The average molecular weight is 458 g/mol. The molecule has 4 aromatic rings. The first kappa shape index (κ1) is 22.3. The van der Waals surface area contributed by atoms with E-state index in [9.17, 15) is 13.2 Å². The Morgan fingerprint density at radius 1 is 1.12 bits per heavy atom. The first-order valence-corrected chi connectivity index (χ1v) is 9.93.